The molecule has 47 heavy (non-hydrogen) atoms. The van der Waals surface area contributed by atoms with Crippen molar-refractivity contribution in [3.8, 4) is 0 Å². The number of hydrogen-bond acceptors (Lipinski definition) is 20. The SMILES string of the molecule is Nc1nc2c(ncn2C2OC(COP(=O)([O-])OP(=O)([O-])OC3OC(CO)C(O)C(O)C3N3C(=O)C=CC3=O)C(O)C2O)c(=O)[nH]1.[Na+].[Na+]. The fourth-order valence-corrected chi connectivity index (χ4v) is 6.90. The molecule has 2 aromatic heterocycles. The predicted molar refractivity (Wildman–Crippen MR) is 134 cm³/mol. The Bertz CT molecular complexity index is 1660. The van der Waals surface area contributed by atoms with Gasteiger partial charge in [-0.05, 0) is 0 Å². The zero-order chi connectivity index (χ0) is 33.0. The summed E-state index contributed by atoms with van der Waals surface area (Å²) >= 11 is 0. The first-order valence-corrected chi connectivity index (χ1v) is 15.5. The van der Waals surface area contributed by atoms with Gasteiger partial charge in [0.1, 0.15) is 42.7 Å². The molecular weight excluding hydrogens is 704 g/mol. The first-order chi connectivity index (χ1) is 21.0. The van der Waals surface area contributed by atoms with Crippen LogP contribution < -0.4 is 80.2 Å². The van der Waals surface area contributed by atoms with Crippen LogP contribution >= 0.6 is 15.6 Å². The van der Waals surface area contributed by atoms with Crippen molar-refractivity contribution < 1.29 is 136 Å². The Morgan fingerprint density at radius 1 is 0.957 bits per heavy atom. The summed E-state index contributed by atoms with van der Waals surface area (Å²) in [5.41, 5.74) is 4.44. The second kappa shape index (κ2) is 15.5. The number of imide groups is 1. The minimum Gasteiger partial charge on any atom is -0.756 e. The molecule has 0 aromatic carbocycles. The van der Waals surface area contributed by atoms with Crippen LogP contribution in [0.1, 0.15) is 6.23 Å². The number of imidazole rings is 1. The average Bonchev–Trinajstić information content (AvgIpc) is 3.60. The van der Waals surface area contributed by atoms with Crippen molar-refractivity contribution in [1.82, 2.24) is 24.4 Å². The van der Waals surface area contributed by atoms with E-state index in [0.717, 1.165) is 23.0 Å². The number of carbonyl (C=O) groups excluding carboxylic acids is 2. The average molecular weight is 728 g/mol. The summed E-state index contributed by atoms with van der Waals surface area (Å²) in [4.78, 5) is 71.6. The third-order valence-electron chi connectivity index (χ3n) is 6.88. The smallest absolute Gasteiger partial charge is 0.756 e. The van der Waals surface area contributed by atoms with Crippen LogP contribution in [0.2, 0.25) is 0 Å². The maximum absolute atomic E-state index is 12.6. The van der Waals surface area contributed by atoms with Gasteiger partial charge in [-0.25, -0.2) is 9.29 Å². The minimum absolute atomic E-state index is 0. The number of nitrogens with one attached hydrogen (secondary N) is 1. The van der Waals surface area contributed by atoms with Gasteiger partial charge >= 0.3 is 59.1 Å². The first-order valence-electron chi connectivity index (χ1n) is 12.6. The Morgan fingerprint density at radius 3 is 2.19 bits per heavy atom. The van der Waals surface area contributed by atoms with Gasteiger partial charge in [0.05, 0.1) is 19.5 Å². The maximum atomic E-state index is 12.6. The molecule has 2 fully saturated rings. The zero-order valence-corrected chi connectivity index (χ0v) is 30.0. The van der Waals surface area contributed by atoms with E-state index in [4.69, 9.17) is 15.2 Å². The normalized spacial score (nSPS) is 33.3. The largest absolute Gasteiger partial charge is 1.00 e. The van der Waals surface area contributed by atoms with Gasteiger partial charge < -0.3 is 55.1 Å². The first kappa shape index (κ1) is 40.4. The molecule has 0 bridgehead atoms. The van der Waals surface area contributed by atoms with Crippen molar-refractivity contribution in [3.05, 3.63) is 28.8 Å². The van der Waals surface area contributed by atoms with E-state index in [2.05, 4.69) is 28.3 Å². The van der Waals surface area contributed by atoms with Crippen LogP contribution in [0, 0.1) is 0 Å². The van der Waals surface area contributed by atoms with E-state index in [0.29, 0.717) is 0 Å². The number of nitrogens with two attached hydrogens (primary N) is 1. The van der Waals surface area contributed by atoms with E-state index in [1.807, 2.05) is 0 Å². The number of nitrogen functional groups attached to an aromatic ring is 1. The molecule has 8 N–H and O–H groups in total. The number of anilines is 1. The number of carbonyl (C=O) groups is 2. The van der Waals surface area contributed by atoms with Crippen LogP contribution in [0.5, 0.6) is 0 Å². The van der Waals surface area contributed by atoms with E-state index in [1.165, 1.54) is 0 Å². The summed E-state index contributed by atoms with van der Waals surface area (Å²) < 4.78 is 49.7. The Labute approximate surface area is 306 Å². The number of ether oxygens (including phenoxy) is 2. The molecule has 0 saturated carbocycles. The van der Waals surface area contributed by atoms with E-state index in [1.54, 1.807) is 0 Å². The van der Waals surface area contributed by atoms with Gasteiger partial charge in [0.15, 0.2) is 23.7 Å². The summed E-state index contributed by atoms with van der Waals surface area (Å²) in [7, 11) is -12.0. The van der Waals surface area contributed by atoms with E-state index in [9.17, 15) is 58.8 Å². The molecule has 0 radical (unpaired) electrons. The van der Waals surface area contributed by atoms with Gasteiger partial charge in [0.2, 0.25) is 5.95 Å². The van der Waals surface area contributed by atoms with Gasteiger partial charge in [-0.1, -0.05) is 0 Å². The molecule has 0 aliphatic carbocycles. The molecule has 5 rings (SSSR count). The third kappa shape index (κ3) is 8.32. The van der Waals surface area contributed by atoms with Crippen molar-refractivity contribution in [2.45, 2.75) is 55.2 Å². The Morgan fingerprint density at radius 2 is 1.57 bits per heavy atom. The molecule has 11 atom stereocenters. The molecule has 248 valence electrons. The summed E-state index contributed by atoms with van der Waals surface area (Å²) in [6.07, 6.45) is -12.4. The van der Waals surface area contributed by atoms with E-state index >= 15 is 0 Å². The summed E-state index contributed by atoms with van der Waals surface area (Å²) in [6.45, 7) is -2.15. The van der Waals surface area contributed by atoms with Gasteiger partial charge in [-0.3, -0.25) is 42.5 Å². The van der Waals surface area contributed by atoms with Crippen LogP contribution in [0.4, 0.5) is 5.95 Å². The fourth-order valence-electron chi connectivity index (χ4n) is 4.82. The van der Waals surface area contributed by atoms with E-state index in [-0.39, 0.29) is 81.1 Å². The predicted octanol–water partition coefficient (Wildman–Crippen LogP) is -12.0. The molecule has 3 aliphatic heterocycles. The number of fused-ring (bicyclic) bond motifs is 1. The molecular formula is C20H24N6Na2O17P2. The molecule has 5 heterocycles. The third-order valence-corrected chi connectivity index (χ3v) is 9.41. The topological polar surface area (TPSA) is 355 Å². The second-order valence-electron chi connectivity index (χ2n) is 9.78. The Balaban J connectivity index is 0.00000300. The molecule has 0 spiro atoms. The quantitative estimate of drug-likeness (QED) is 0.0678. The van der Waals surface area contributed by atoms with Crippen molar-refractivity contribution in [3.63, 3.8) is 0 Å². The number of amides is 2. The minimum atomic E-state index is -6.10. The molecule has 11 unspecified atom stereocenters. The molecule has 3 aliphatic rings. The molecule has 2 amide bonds. The molecule has 27 heteroatoms. The fraction of sp³-hybridized carbons (Fsp3) is 0.550. The van der Waals surface area contributed by atoms with Crippen LogP contribution in [-0.2, 0) is 41.6 Å². The number of rotatable bonds is 10. The van der Waals surface area contributed by atoms with Crippen molar-refractivity contribution in [1.29, 1.82) is 0 Å². The van der Waals surface area contributed by atoms with Crippen LogP contribution in [0.3, 0.4) is 0 Å². The standard InChI is InChI=1S/C20H26N6O17P2.2Na/c21-20-23-16-10(17(34)24-20)22-5-25(16)18-15(33)13(31)7(40-18)4-39-44(35,36)43-45(37,38)42-19-11(26-8(28)1-2-9(26)29)14(32)12(30)6(3-27)41-19;;/h1-2,5-7,11-15,18-19,27,30-33H,3-4H2,(H,35,36)(H,37,38)(H3,21,23,24,34);;/q;2*+1/p-2. The van der Waals surface area contributed by atoms with Gasteiger partial charge in [-0.15, -0.1) is 0 Å². The number of phosphoric ester groups is 2. The number of phosphoric acid groups is 2. The Hall–Kier alpha value is -0.990. The summed E-state index contributed by atoms with van der Waals surface area (Å²) in [6, 6.07) is -2.06. The number of aliphatic hydroxyl groups is 5. The maximum Gasteiger partial charge on any atom is 1.00 e. The number of aliphatic hydroxyl groups excluding tert-OH is 5. The molecule has 2 aromatic rings. The van der Waals surface area contributed by atoms with Gasteiger partial charge in [0, 0.05) is 12.2 Å². The molecule has 2 saturated heterocycles. The van der Waals surface area contributed by atoms with Crippen LogP contribution in [-0.4, -0.2) is 124 Å². The Kier molecular flexibility index (Phi) is 13.3. The summed E-state index contributed by atoms with van der Waals surface area (Å²) in [5, 5.41) is 51.0. The summed E-state index contributed by atoms with van der Waals surface area (Å²) in [5.74, 6) is -2.45. The second-order valence-corrected chi connectivity index (χ2v) is 12.7. The number of aromatic nitrogens is 4. The van der Waals surface area contributed by atoms with Crippen LogP contribution in [0.15, 0.2) is 23.3 Å². The molecule has 23 nitrogen and oxygen atoms in total. The number of nitrogens with zero attached hydrogens (tertiary/aromatic N) is 4. The van der Waals surface area contributed by atoms with Gasteiger partial charge in [0.25, 0.3) is 33.0 Å². The number of hydrogen-bond donors (Lipinski definition) is 7. The van der Waals surface area contributed by atoms with E-state index < -0.39 is 101 Å². The van der Waals surface area contributed by atoms with Crippen LogP contribution in [0.25, 0.3) is 11.2 Å². The van der Waals surface area contributed by atoms with Crippen molar-refractivity contribution >= 4 is 44.6 Å². The van der Waals surface area contributed by atoms with Crippen molar-refractivity contribution in [2.75, 3.05) is 18.9 Å². The zero-order valence-electron chi connectivity index (χ0n) is 24.2. The number of H-pyrrole nitrogens is 1. The van der Waals surface area contributed by atoms with Crippen molar-refractivity contribution in [2.24, 2.45) is 0 Å². The van der Waals surface area contributed by atoms with Gasteiger partial charge in [-0.2, -0.15) is 4.98 Å². The monoisotopic (exact) mass is 728 g/mol. The number of aromatic amines is 1.